The van der Waals surface area contributed by atoms with Crippen molar-refractivity contribution in [1.29, 1.82) is 0 Å². The van der Waals surface area contributed by atoms with Gasteiger partial charge in [0.1, 0.15) is 11.5 Å². The van der Waals surface area contributed by atoms with E-state index in [2.05, 4.69) is 5.32 Å². The maximum absolute atomic E-state index is 13.3. The van der Waals surface area contributed by atoms with E-state index < -0.39 is 20.6 Å². The molecule has 27 heavy (non-hydrogen) atoms. The SMILES string of the molecule is CCOC(=O)C1(S(=O)(=O)c2ccc(Oc3ccccc3)cc2)CCNCC1. The molecule has 144 valence electrons. The van der Waals surface area contributed by atoms with Crippen molar-refractivity contribution in [3.05, 3.63) is 54.6 Å². The van der Waals surface area contributed by atoms with Gasteiger partial charge in [-0.3, -0.25) is 4.79 Å². The third kappa shape index (κ3) is 3.84. The van der Waals surface area contributed by atoms with Gasteiger partial charge in [0.2, 0.25) is 0 Å². The number of esters is 1. The summed E-state index contributed by atoms with van der Waals surface area (Å²) in [4.78, 5) is 12.7. The summed E-state index contributed by atoms with van der Waals surface area (Å²) in [5, 5.41) is 3.10. The monoisotopic (exact) mass is 389 g/mol. The topological polar surface area (TPSA) is 81.7 Å². The van der Waals surface area contributed by atoms with E-state index in [1.165, 1.54) is 12.1 Å². The first-order chi connectivity index (χ1) is 13.0. The minimum Gasteiger partial charge on any atom is -0.465 e. The summed E-state index contributed by atoms with van der Waals surface area (Å²) in [5.74, 6) is 0.515. The summed E-state index contributed by atoms with van der Waals surface area (Å²) in [5.41, 5.74) is 0. The lowest BCUT2D eigenvalue weighted by Crippen LogP contribution is -2.54. The van der Waals surface area contributed by atoms with E-state index in [1.54, 1.807) is 19.1 Å². The largest absolute Gasteiger partial charge is 0.465 e. The molecule has 0 saturated carbocycles. The first-order valence-corrected chi connectivity index (χ1v) is 10.4. The Labute approximate surface area is 159 Å². The highest BCUT2D eigenvalue weighted by Gasteiger charge is 2.53. The molecule has 0 amide bonds. The van der Waals surface area contributed by atoms with Gasteiger partial charge in [0, 0.05) is 0 Å². The molecule has 7 heteroatoms. The normalized spacial score (nSPS) is 16.5. The second kappa shape index (κ2) is 8.10. The number of para-hydroxylation sites is 1. The van der Waals surface area contributed by atoms with Gasteiger partial charge in [0.05, 0.1) is 11.5 Å². The Kier molecular flexibility index (Phi) is 5.82. The molecule has 0 bridgehead atoms. The number of rotatable bonds is 6. The van der Waals surface area contributed by atoms with Crippen LogP contribution in [0, 0.1) is 0 Å². The molecule has 0 radical (unpaired) electrons. The number of sulfone groups is 1. The highest BCUT2D eigenvalue weighted by atomic mass is 32.2. The number of carbonyl (C=O) groups is 1. The molecule has 0 aliphatic carbocycles. The van der Waals surface area contributed by atoms with Gasteiger partial charge in [-0.1, -0.05) is 18.2 Å². The van der Waals surface area contributed by atoms with Crippen LogP contribution in [0.3, 0.4) is 0 Å². The van der Waals surface area contributed by atoms with Gasteiger partial charge in [-0.25, -0.2) is 8.42 Å². The van der Waals surface area contributed by atoms with E-state index in [0.717, 1.165) is 0 Å². The molecule has 1 aliphatic rings. The maximum atomic E-state index is 13.3. The fourth-order valence-corrected chi connectivity index (χ4v) is 5.18. The Morgan fingerprint density at radius 1 is 1.00 bits per heavy atom. The highest BCUT2D eigenvalue weighted by molar-refractivity contribution is 7.93. The summed E-state index contributed by atoms with van der Waals surface area (Å²) >= 11 is 0. The van der Waals surface area contributed by atoms with Crippen molar-refractivity contribution in [2.45, 2.75) is 29.4 Å². The maximum Gasteiger partial charge on any atom is 0.327 e. The van der Waals surface area contributed by atoms with Crippen molar-refractivity contribution < 1.29 is 22.7 Å². The van der Waals surface area contributed by atoms with Crippen LogP contribution in [0.2, 0.25) is 0 Å². The predicted octanol–water partition coefficient (Wildman–Crippen LogP) is 2.94. The second-order valence-corrected chi connectivity index (χ2v) is 8.61. The molecule has 6 nitrogen and oxygen atoms in total. The van der Waals surface area contributed by atoms with E-state index in [-0.39, 0.29) is 24.3 Å². The van der Waals surface area contributed by atoms with Gasteiger partial charge in [0.25, 0.3) is 0 Å². The molecule has 1 N–H and O–H groups in total. The van der Waals surface area contributed by atoms with Crippen molar-refractivity contribution in [1.82, 2.24) is 5.32 Å². The summed E-state index contributed by atoms with van der Waals surface area (Å²) in [6, 6.07) is 15.4. The molecule has 1 saturated heterocycles. The lowest BCUT2D eigenvalue weighted by molar-refractivity contribution is -0.147. The lowest BCUT2D eigenvalue weighted by atomic mass is 9.97. The quantitative estimate of drug-likeness (QED) is 0.765. The first-order valence-electron chi connectivity index (χ1n) is 8.95. The zero-order valence-electron chi connectivity index (χ0n) is 15.2. The van der Waals surface area contributed by atoms with Gasteiger partial charge in [0.15, 0.2) is 14.6 Å². The number of ether oxygens (including phenoxy) is 2. The van der Waals surface area contributed by atoms with Crippen LogP contribution in [0.15, 0.2) is 59.5 Å². The Hall–Kier alpha value is -2.38. The summed E-state index contributed by atoms with van der Waals surface area (Å²) in [7, 11) is -3.90. The van der Waals surface area contributed by atoms with Gasteiger partial charge in [-0.15, -0.1) is 0 Å². The van der Waals surface area contributed by atoms with Crippen LogP contribution in [0.1, 0.15) is 19.8 Å². The molecule has 2 aromatic carbocycles. The first kappa shape index (κ1) is 19.4. The molecule has 1 fully saturated rings. The van der Waals surface area contributed by atoms with Crippen LogP contribution in [-0.2, 0) is 19.4 Å². The van der Waals surface area contributed by atoms with Crippen molar-refractivity contribution in [3.8, 4) is 11.5 Å². The molecule has 0 spiro atoms. The summed E-state index contributed by atoms with van der Waals surface area (Å²) in [6.07, 6.45) is 0.382. The van der Waals surface area contributed by atoms with Crippen LogP contribution in [-0.4, -0.2) is 38.8 Å². The summed E-state index contributed by atoms with van der Waals surface area (Å²) < 4.78 is 35.9. The molecular formula is C20H23NO5S. The van der Waals surface area contributed by atoms with Crippen LogP contribution < -0.4 is 10.1 Å². The van der Waals surface area contributed by atoms with Gasteiger partial charge in [-0.05, 0) is 69.3 Å². The molecule has 3 rings (SSSR count). The van der Waals surface area contributed by atoms with Gasteiger partial charge >= 0.3 is 5.97 Å². The van der Waals surface area contributed by atoms with Crippen LogP contribution in [0.5, 0.6) is 11.5 Å². The van der Waals surface area contributed by atoms with Crippen molar-refractivity contribution in [3.63, 3.8) is 0 Å². The third-order valence-electron chi connectivity index (χ3n) is 4.69. The van der Waals surface area contributed by atoms with Crippen LogP contribution in [0.25, 0.3) is 0 Å². The zero-order chi connectivity index (χ0) is 19.3. The number of piperidine rings is 1. The molecule has 0 aromatic heterocycles. The number of hydrogen-bond donors (Lipinski definition) is 1. The van der Waals surface area contributed by atoms with Crippen molar-refractivity contribution in [2.75, 3.05) is 19.7 Å². The van der Waals surface area contributed by atoms with Crippen LogP contribution in [0.4, 0.5) is 0 Å². The summed E-state index contributed by atoms with van der Waals surface area (Å²) in [6.45, 7) is 2.73. The van der Waals surface area contributed by atoms with E-state index in [0.29, 0.717) is 24.6 Å². The van der Waals surface area contributed by atoms with E-state index in [4.69, 9.17) is 9.47 Å². The minimum atomic E-state index is -3.90. The smallest absolute Gasteiger partial charge is 0.327 e. The number of nitrogens with one attached hydrogen (secondary N) is 1. The van der Waals surface area contributed by atoms with Crippen molar-refractivity contribution >= 4 is 15.8 Å². The van der Waals surface area contributed by atoms with Crippen molar-refractivity contribution in [2.24, 2.45) is 0 Å². The number of benzene rings is 2. The third-order valence-corrected chi connectivity index (χ3v) is 7.18. The van der Waals surface area contributed by atoms with Crippen LogP contribution >= 0.6 is 0 Å². The number of carbonyl (C=O) groups excluding carboxylic acids is 1. The Bertz CT molecular complexity index is 872. The molecular weight excluding hydrogens is 366 g/mol. The number of hydrogen-bond acceptors (Lipinski definition) is 6. The molecule has 0 atom stereocenters. The fraction of sp³-hybridized carbons (Fsp3) is 0.350. The molecule has 0 unspecified atom stereocenters. The average molecular weight is 389 g/mol. The van der Waals surface area contributed by atoms with Gasteiger partial charge in [-0.2, -0.15) is 0 Å². The second-order valence-electron chi connectivity index (χ2n) is 6.35. The Morgan fingerprint density at radius 3 is 2.19 bits per heavy atom. The van der Waals surface area contributed by atoms with Gasteiger partial charge < -0.3 is 14.8 Å². The molecule has 1 aliphatic heterocycles. The molecule has 1 heterocycles. The van der Waals surface area contributed by atoms with E-state index >= 15 is 0 Å². The van der Waals surface area contributed by atoms with E-state index in [9.17, 15) is 13.2 Å². The highest BCUT2D eigenvalue weighted by Crippen LogP contribution is 2.36. The lowest BCUT2D eigenvalue weighted by Gasteiger charge is -2.34. The minimum absolute atomic E-state index is 0.0952. The predicted molar refractivity (Wildman–Crippen MR) is 102 cm³/mol. The standard InChI is InChI=1S/C20H23NO5S/c1-2-25-19(22)20(12-14-21-15-13-20)27(23,24)18-10-8-17(9-11-18)26-16-6-4-3-5-7-16/h3-11,21H,2,12-15H2,1H3. The average Bonchev–Trinajstić information content (AvgIpc) is 2.70. The zero-order valence-corrected chi connectivity index (χ0v) is 16.0. The fourth-order valence-electron chi connectivity index (χ4n) is 3.21. The Morgan fingerprint density at radius 2 is 1.59 bits per heavy atom. The Balaban J connectivity index is 1.89. The van der Waals surface area contributed by atoms with E-state index in [1.807, 2.05) is 30.3 Å². The molecule has 2 aromatic rings.